The average Bonchev–Trinajstić information content (AvgIpc) is 2.71. The fourth-order valence-corrected chi connectivity index (χ4v) is 2.03. The molecule has 2 rings (SSSR count). The molecule has 0 aliphatic carbocycles. The Balaban J connectivity index is 2.04. The maximum atomic E-state index is 12.4. The maximum Gasteiger partial charge on any atom is 0.263 e. The minimum Gasteiger partial charge on any atom is -0.299 e. The lowest BCUT2D eigenvalue weighted by Gasteiger charge is -2.14. The summed E-state index contributed by atoms with van der Waals surface area (Å²) in [5, 5.41) is 0. The summed E-state index contributed by atoms with van der Waals surface area (Å²) in [6.07, 6.45) is 0.104. The van der Waals surface area contributed by atoms with Crippen molar-refractivity contribution in [3.05, 3.63) is 35.4 Å². The van der Waals surface area contributed by atoms with E-state index in [4.69, 9.17) is 0 Å². The van der Waals surface area contributed by atoms with Gasteiger partial charge in [-0.05, 0) is 37.6 Å². The fraction of sp³-hybridized carbons (Fsp3) is 0.500. The lowest BCUT2D eigenvalue weighted by Crippen LogP contribution is -2.18. The highest BCUT2D eigenvalue weighted by atomic mass is 19.3. The lowest BCUT2D eigenvalue weighted by atomic mass is 10.1. The van der Waals surface area contributed by atoms with Crippen LogP contribution in [0.2, 0.25) is 0 Å². The Labute approximate surface area is 88.7 Å². The number of rotatable bonds is 3. The van der Waals surface area contributed by atoms with Crippen LogP contribution in [0.1, 0.15) is 30.4 Å². The second-order valence-electron chi connectivity index (χ2n) is 4.03. The highest BCUT2D eigenvalue weighted by Crippen LogP contribution is 2.21. The predicted molar refractivity (Wildman–Crippen MR) is 55.9 cm³/mol. The normalized spacial score (nSPS) is 17.5. The topological polar surface area (TPSA) is 3.24 Å². The molecule has 0 unspecified atom stereocenters. The molecule has 0 aromatic heterocycles. The second kappa shape index (κ2) is 4.71. The van der Waals surface area contributed by atoms with E-state index in [1.165, 1.54) is 18.9 Å². The van der Waals surface area contributed by atoms with Gasteiger partial charge in [-0.3, -0.25) is 4.90 Å². The van der Waals surface area contributed by atoms with E-state index in [2.05, 4.69) is 4.90 Å². The van der Waals surface area contributed by atoms with Gasteiger partial charge in [-0.2, -0.15) is 0 Å². The first-order valence-electron chi connectivity index (χ1n) is 5.35. The zero-order valence-electron chi connectivity index (χ0n) is 8.63. The molecule has 1 heterocycles. The molecule has 0 saturated carbocycles. The van der Waals surface area contributed by atoms with E-state index < -0.39 is 6.43 Å². The van der Waals surface area contributed by atoms with Crippen molar-refractivity contribution in [2.45, 2.75) is 25.8 Å². The molecule has 0 radical (unpaired) electrons. The van der Waals surface area contributed by atoms with Crippen LogP contribution in [0.15, 0.2) is 24.3 Å². The van der Waals surface area contributed by atoms with Crippen molar-refractivity contribution in [2.75, 3.05) is 13.1 Å². The molecule has 0 bridgehead atoms. The molecule has 1 nitrogen and oxygen atoms in total. The van der Waals surface area contributed by atoms with Crippen molar-refractivity contribution in [3.63, 3.8) is 0 Å². The van der Waals surface area contributed by atoms with Crippen molar-refractivity contribution in [2.24, 2.45) is 0 Å². The number of nitrogens with zero attached hydrogens (tertiary/aromatic N) is 1. The molecular weight excluding hydrogens is 196 g/mol. The van der Waals surface area contributed by atoms with Gasteiger partial charge in [0.1, 0.15) is 0 Å². The van der Waals surface area contributed by atoms with Gasteiger partial charge in [-0.15, -0.1) is 0 Å². The molecule has 0 N–H and O–H groups in total. The third kappa shape index (κ3) is 2.75. The summed E-state index contributed by atoms with van der Waals surface area (Å²) in [6, 6.07) is 6.73. The van der Waals surface area contributed by atoms with E-state index in [0.717, 1.165) is 25.2 Å². The van der Waals surface area contributed by atoms with Crippen molar-refractivity contribution in [1.82, 2.24) is 4.90 Å². The molecule has 82 valence electrons. The third-order valence-electron chi connectivity index (χ3n) is 2.81. The first kappa shape index (κ1) is 10.6. The smallest absolute Gasteiger partial charge is 0.263 e. The molecule has 0 amide bonds. The molecule has 1 saturated heterocycles. The summed E-state index contributed by atoms with van der Waals surface area (Å²) >= 11 is 0. The van der Waals surface area contributed by atoms with E-state index >= 15 is 0 Å². The molecule has 1 aliphatic heterocycles. The highest BCUT2D eigenvalue weighted by molar-refractivity contribution is 5.24. The summed E-state index contributed by atoms with van der Waals surface area (Å²) in [5.41, 5.74) is 1.13. The van der Waals surface area contributed by atoms with Crippen molar-refractivity contribution in [1.29, 1.82) is 0 Å². The fourth-order valence-electron chi connectivity index (χ4n) is 2.03. The molecule has 0 spiro atoms. The number of hydrogen-bond acceptors (Lipinski definition) is 1. The highest BCUT2D eigenvalue weighted by Gasteiger charge is 2.13. The molecule has 15 heavy (non-hydrogen) atoms. The number of benzene rings is 1. The Morgan fingerprint density at radius 3 is 2.60 bits per heavy atom. The predicted octanol–water partition coefficient (Wildman–Crippen LogP) is 3.22. The van der Waals surface area contributed by atoms with Gasteiger partial charge in [-0.1, -0.05) is 18.2 Å². The minimum atomic E-state index is -2.36. The van der Waals surface area contributed by atoms with Crippen LogP contribution in [0.5, 0.6) is 0 Å². The first-order chi connectivity index (χ1) is 7.25. The van der Waals surface area contributed by atoms with Crippen LogP contribution in [0, 0.1) is 0 Å². The third-order valence-corrected chi connectivity index (χ3v) is 2.81. The Morgan fingerprint density at radius 2 is 1.93 bits per heavy atom. The number of likely N-dealkylation sites (tertiary alicyclic amines) is 1. The minimum absolute atomic E-state index is 0.131. The molecule has 0 atom stereocenters. The van der Waals surface area contributed by atoms with Gasteiger partial charge in [0.2, 0.25) is 0 Å². The number of halogens is 2. The summed E-state index contributed by atoms with van der Waals surface area (Å²) in [7, 11) is 0. The van der Waals surface area contributed by atoms with E-state index in [1.807, 2.05) is 6.07 Å². The van der Waals surface area contributed by atoms with Gasteiger partial charge < -0.3 is 0 Å². The van der Waals surface area contributed by atoms with E-state index in [9.17, 15) is 8.78 Å². The molecule has 1 aromatic rings. The van der Waals surface area contributed by atoms with E-state index in [-0.39, 0.29) is 5.56 Å². The lowest BCUT2D eigenvalue weighted by molar-refractivity contribution is 0.151. The average molecular weight is 211 g/mol. The number of alkyl halides is 2. The van der Waals surface area contributed by atoms with Crippen LogP contribution in [0.3, 0.4) is 0 Å². The van der Waals surface area contributed by atoms with Gasteiger partial charge in [0.15, 0.2) is 0 Å². The van der Waals surface area contributed by atoms with E-state index in [0.29, 0.717) is 0 Å². The second-order valence-corrected chi connectivity index (χ2v) is 4.03. The zero-order valence-corrected chi connectivity index (χ0v) is 8.63. The summed E-state index contributed by atoms with van der Waals surface area (Å²) in [4.78, 5) is 2.31. The number of hydrogen-bond donors (Lipinski definition) is 0. The SMILES string of the molecule is FC(F)c1cccc(CN2CCCC2)c1. The molecule has 3 heteroatoms. The first-order valence-corrected chi connectivity index (χ1v) is 5.35. The van der Waals surface area contributed by atoms with E-state index in [1.54, 1.807) is 12.1 Å². The summed E-state index contributed by atoms with van der Waals surface area (Å²) in [6.45, 7) is 3.00. The molecular formula is C12H15F2N. The standard InChI is InChI=1S/C12H15F2N/c13-12(14)11-5-3-4-10(8-11)9-15-6-1-2-7-15/h3-5,8,12H,1-2,6-7,9H2. The van der Waals surface area contributed by atoms with Crippen LogP contribution in [0.25, 0.3) is 0 Å². The van der Waals surface area contributed by atoms with Gasteiger partial charge in [0, 0.05) is 12.1 Å². The largest absolute Gasteiger partial charge is 0.299 e. The van der Waals surface area contributed by atoms with Crippen LogP contribution in [-0.2, 0) is 6.54 Å². The Morgan fingerprint density at radius 1 is 1.20 bits per heavy atom. The van der Waals surface area contributed by atoms with Crippen LogP contribution in [-0.4, -0.2) is 18.0 Å². The summed E-state index contributed by atoms with van der Waals surface area (Å²) < 4.78 is 24.9. The quantitative estimate of drug-likeness (QED) is 0.742. The van der Waals surface area contributed by atoms with Gasteiger partial charge in [0.25, 0.3) is 6.43 Å². The Bertz CT molecular complexity index is 319. The molecule has 1 aromatic carbocycles. The van der Waals surface area contributed by atoms with Crippen LogP contribution >= 0.6 is 0 Å². The van der Waals surface area contributed by atoms with Crippen LogP contribution < -0.4 is 0 Å². The maximum absolute atomic E-state index is 12.4. The van der Waals surface area contributed by atoms with Gasteiger partial charge in [-0.25, -0.2) is 8.78 Å². The van der Waals surface area contributed by atoms with Crippen molar-refractivity contribution >= 4 is 0 Å². The monoisotopic (exact) mass is 211 g/mol. The molecule has 1 fully saturated rings. The molecule has 1 aliphatic rings. The van der Waals surface area contributed by atoms with Gasteiger partial charge in [0.05, 0.1) is 0 Å². The zero-order chi connectivity index (χ0) is 10.7. The van der Waals surface area contributed by atoms with Crippen molar-refractivity contribution < 1.29 is 8.78 Å². The van der Waals surface area contributed by atoms with Gasteiger partial charge >= 0.3 is 0 Å². The Hall–Kier alpha value is -0.960. The van der Waals surface area contributed by atoms with Crippen LogP contribution in [0.4, 0.5) is 8.78 Å². The Kier molecular flexibility index (Phi) is 3.31. The van der Waals surface area contributed by atoms with Crippen molar-refractivity contribution in [3.8, 4) is 0 Å². The summed E-state index contributed by atoms with van der Waals surface area (Å²) in [5.74, 6) is 0.